The molecule has 1 aromatic heterocycles. The number of hydrogen-bond acceptors (Lipinski definition) is 11. The van der Waals surface area contributed by atoms with Gasteiger partial charge in [0.1, 0.15) is 11.2 Å². The molecule has 14 heteroatoms. The Hall–Kier alpha value is -4.53. The highest BCUT2D eigenvalue weighted by molar-refractivity contribution is 5.95. The lowest BCUT2D eigenvalue weighted by Crippen LogP contribution is -2.81. The van der Waals surface area contributed by atoms with Crippen molar-refractivity contribution in [3.05, 3.63) is 70.9 Å². The lowest BCUT2D eigenvalue weighted by molar-refractivity contribution is -0.228. The van der Waals surface area contributed by atoms with Crippen molar-refractivity contribution in [3.63, 3.8) is 0 Å². The lowest BCUT2D eigenvalue weighted by Gasteiger charge is -2.63. The Kier molecular flexibility index (Phi) is 8.57. The summed E-state index contributed by atoms with van der Waals surface area (Å²) < 4.78 is 75.0. The van der Waals surface area contributed by atoms with Crippen molar-refractivity contribution < 1.29 is 50.0 Å². The maximum atomic E-state index is 15.4. The molecule has 316 valence electrons. The smallest absolute Gasteiger partial charge is 0.344 e. The highest BCUT2D eigenvalue weighted by atomic mass is 19.3. The zero-order chi connectivity index (χ0) is 43.8. The van der Waals surface area contributed by atoms with Crippen LogP contribution in [-0.2, 0) is 46.0 Å². The van der Waals surface area contributed by atoms with E-state index >= 15 is 13.6 Å². The molecule has 1 spiro atoms. The number of halogens is 2. The average molecular weight is 819 g/mol. The molecule has 0 amide bonds. The number of rotatable bonds is 7. The van der Waals surface area contributed by atoms with Crippen molar-refractivity contribution in [2.45, 2.75) is 93.5 Å². The van der Waals surface area contributed by atoms with Crippen molar-refractivity contribution in [1.29, 1.82) is 0 Å². The molecule has 3 aromatic rings. The number of methoxy groups -OCH3 is 3. The van der Waals surface area contributed by atoms with Crippen molar-refractivity contribution in [2.24, 2.45) is 17.3 Å². The number of nitrogens with one attached hydrogen (secondary N) is 1. The molecule has 1 aliphatic carbocycles. The maximum Gasteiger partial charge on any atom is 0.344 e. The number of esters is 3. The molecule has 2 N–H and O–H groups in total. The Labute approximate surface area is 345 Å². The first-order valence-corrected chi connectivity index (χ1v) is 20.6. The number of piperidine rings is 1. The van der Waals surface area contributed by atoms with Gasteiger partial charge < -0.3 is 33.9 Å². The number of aromatic nitrogens is 1. The van der Waals surface area contributed by atoms with Crippen LogP contribution < -0.4 is 9.64 Å². The summed E-state index contributed by atoms with van der Waals surface area (Å²) in [4.78, 5) is 52.2. The zero-order valence-electron chi connectivity index (χ0n) is 36.6. The Balaban J connectivity index is 1.41. The van der Waals surface area contributed by atoms with Gasteiger partial charge in [-0.3, -0.25) is 19.4 Å². The summed E-state index contributed by atoms with van der Waals surface area (Å²) in [6.45, 7) is 5.83. The fourth-order valence-corrected chi connectivity index (χ4v) is 13.0. The topological polar surface area (TPSA) is 134 Å². The minimum Gasteiger partial charge on any atom is -0.496 e. The number of aromatic amines is 1. The minimum absolute atomic E-state index is 0.0485. The molecule has 10 atom stereocenters. The molecule has 12 nitrogen and oxygen atoms in total. The van der Waals surface area contributed by atoms with Crippen molar-refractivity contribution in [2.75, 3.05) is 59.5 Å². The van der Waals surface area contributed by atoms with E-state index in [0.29, 0.717) is 54.8 Å². The second kappa shape index (κ2) is 13.5. The predicted octanol–water partition coefficient (Wildman–Crippen LogP) is 5.08. The molecule has 4 unspecified atom stereocenters. The van der Waals surface area contributed by atoms with Gasteiger partial charge in [0.05, 0.1) is 30.1 Å². The Morgan fingerprint density at radius 1 is 1.07 bits per heavy atom. The van der Waals surface area contributed by atoms with E-state index in [1.165, 1.54) is 21.1 Å². The third-order valence-corrected chi connectivity index (χ3v) is 15.0. The quantitative estimate of drug-likeness (QED) is 0.188. The van der Waals surface area contributed by atoms with Crippen molar-refractivity contribution in [3.8, 4) is 5.75 Å². The number of carbonyl (C=O) groups is 3. The fourth-order valence-electron chi connectivity index (χ4n) is 13.0. The molecule has 2 aromatic carbocycles. The molecule has 1 saturated carbocycles. The molecule has 6 aliphatic rings. The monoisotopic (exact) mass is 818 g/mol. The second-order valence-electron chi connectivity index (χ2n) is 17.8. The second-order valence-corrected chi connectivity index (χ2v) is 17.8. The molecule has 2 bridgehead atoms. The summed E-state index contributed by atoms with van der Waals surface area (Å²) in [5, 5.41) is 14.1. The number of benzene rings is 2. The van der Waals surface area contributed by atoms with Crippen LogP contribution in [0.3, 0.4) is 0 Å². The zero-order valence-corrected chi connectivity index (χ0v) is 34.6. The number of alkyl halides is 2. The van der Waals surface area contributed by atoms with Gasteiger partial charge >= 0.3 is 17.9 Å². The number of carbonyl (C=O) groups excluding carboxylic acids is 3. The number of hydrogen-bond donors (Lipinski definition) is 2. The van der Waals surface area contributed by atoms with Crippen LogP contribution in [0.1, 0.15) is 71.6 Å². The molecule has 5 aliphatic heterocycles. The van der Waals surface area contributed by atoms with Crippen LogP contribution in [-0.4, -0.2) is 122 Å². The number of H-pyrrole nitrogens is 1. The largest absolute Gasteiger partial charge is 0.496 e. The van der Waals surface area contributed by atoms with Crippen LogP contribution in [0.5, 0.6) is 5.75 Å². The third-order valence-electron chi connectivity index (χ3n) is 15.0. The Morgan fingerprint density at radius 3 is 2.49 bits per heavy atom. The van der Waals surface area contributed by atoms with E-state index in [9.17, 15) is 17.4 Å². The molecular formula is C45H54F2N4O8. The minimum atomic E-state index is -3.01. The number of fused-ring (bicyclic) bond motifs is 6. The SMILES string of the molecule is [2H]c1c(OC)c([C@@]2(C(=O)OC)CC3C[C@@H](C(C)(F)F)CN(Cc4c2[nH]c2ccccc42)C3)c([2H])c2c1N(C)C1[C@]23CCN2CC=C[C@](CC)(C23)[C@@H](OC(C)=O)[C@]1(O)C(=O)OC. The van der Waals surface area contributed by atoms with Gasteiger partial charge in [-0.15, -0.1) is 0 Å². The van der Waals surface area contributed by atoms with Gasteiger partial charge in [0.2, 0.25) is 11.5 Å². The van der Waals surface area contributed by atoms with E-state index < -0.39 is 75.7 Å². The molecule has 6 heterocycles. The standard InChI is InChI=1S/C45H54F2N4O8/c1-8-42-14-11-16-51-17-15-43(36(42)51)30-19-31(34(56-5)20-33(30)49(4)37(43)45(55,40(54)58-7)38(42)59-25(2)52)44(39(53)57-6)21-26-18-27(41(3,46)47)23-50(22-26)24-29-28-12-9-10-13-32(28)48-35(29)44/h9-14,19-20,26-27,36-38,48,55H,8,15-18,21-24H2,1-7H3/t26?,27-,36?,37?,38-,42-,43-,44+,45+/m1/s1/i19D,20D. The highest BCUT2D eigenvalue weighted by Gasteiger charge is 2.80. The summed E-state index contributed by atoms with van der Waals surface area (Å²) in [7, 11) is 5.44. The predicted molar refractivity (Wildman–Crippen MR) is 214 cm³/mol. The summed E-state index contributed by atoms with van der Waals surface area (Å²) in [5.74, 6) is -7.08. The van der Waals surface area contributed by atoms with Crippen molar-refractivity contribution >= 4 is 34.5 Å². The number of likely N-dealkylation sites (N-methyl/N-ethyl adjacent to an activating group) is 1. The fraction of sp³-hybridized carbons (Fsp3) is 0.578. The molecule has 0 radical (unpaired) electrons. The van der Waals surface area contributed by atoms with Gasteiger partial charge in [0.15, 0.2) is 6.10 Å². The van der Waals surface area contributed by atoms with Gasteiger partial charge in [-0.1, -0.05) is 37.3 Å². The van der Waals surface area contributed by atoms with Gasteiger partial charge in [-0.05, 0) is 68.3 Å². The number of nitrogens with zero attached hydrogens (tertiary/aromatic N) is 3. The van der Waals surface area contributed by atoms with Crippen LogP contribution >= 0.6 is 0 Å². The van der Waals surface area contributed by atoms with Crippen LogP contribution in [0, 0.1) is 17.3 Å². The molecule has 3 fully saturated rings. The average Bonchev–Trinajstić information content (AvgIpc) is 3.88. The number of para-hydroxylation sites is 1. The van der Waals surface area contributed by atoms with E-state index in [1.807, 2.05) is 48.2 Å². The highest BCUT2D eigenvalue weighted by Crippen LogP contribution is 2.68. The van der Waals surface area contributed by atoms with Gasteiger partial charge in [0, 0.05) is 96.8 Å². The summed E-state index contributed by atoms with van der Waals surface area (Å²) in [6.07, 6.45) is 3.12. The molecule has 59 heavy (non-hydrogen) atoms. The Bertz CT molecular complexity index is 2390. The van der Waals surface area contributed by atoms with E-state index in [2.05, 4.69) is 9.88 Å². The first-order valence-electron chi connectivity index (χ1n) is 21.6. The normalized spacial score (nSPS) is 36.3. The first-order chi connectivity index (χ1) is 28.9. The summed E-state index contributed by atoms with van der Waals surface area (Å²) in [6, 6.07) is 5.40. The van der Waals surface area contributed by atoms with E-state index in [1.54, 1.807) is 11.9 Å². The van der Waals surface area contributed by atoms with Crippen LogP contribution in [0.25, 0.3) is 10.9 Å². The van der Waals surface area contributed by atoms with Crippen LogP contribution in [0.2, 0.25) is 0 Å². The molecule has 9 rings (SSSR count). The van der Waals surface area contributed by atoms with Gasteiger partial charge in [-0.2, -0.15) is 0 Å². The van der Waals surface area contributed by atoms with Crippen molar-refractivity contribution in [1.82, 2.24) is 14.8 Å². The van der Waals surface area contributed by atoms with Gasteiger partial charge in [-0.25, -0.2) is 13.6 Å². The number of anilines is 1. The lowest BCUT2D eigenvalue weighted by atomic mass is 9.47. The summed E-state index contributed by atoms with van der Waals surface area (Å²) in [5.41, 5.74) is -4.44. The van der Waals surface area contributed by atoms with E-state index in [0.717, 1.165) is 19.4 Å². The van der Waals surface area contributed by atoms with Crippen LogP contribution in [0.15, 0.2) is 48.5 Å². The third kappa shape index (κ3) is 5.17. The summed E-state index contributed by atoms with van der Waals surface area (Å²) >= 11 is 0. The van der Waals surface area contributed by atoms with Crippen LogP contribution in [0.4, 0.5) is 14.5 Å². The first kappa shape index (κ1) is 37.5. The maximum absolute atomic E-state index is 15.4. The van der Waals surface area contributed by atoms with Gasteiger partial charge in [0.25, 0.3) is 0 Å². The molecular weight excluding hydrogens is 763 g/mol. The number of ether oxygens (including phenoxy) is 4. The Morgan fingerprint density at radius 2 is 1.81 bits per heavy atom. The van der Waals surface area contributed by atoms with E-state index in [4.69, 9.17) is 18.9 Å². The number of aliphatic hydroxyl groups is 1. The van der Waals surface area contributed by atoms with E-state index in [-0.39, 0.29) is 55.0 Å². The molecule has 2 saturated heterocycles.